The molecule has 2 unspecified atom stereocenters. The first-order valence-corrected chi connectivity index (χ1v) is 5.30. The van der Waals surface area contributed by atoms with Crippen LogP contribution in [0, 0.1) is 5.92 Å². The van der Waals surface area contributed by atoms with Gasteiger partial charge in [0, 0.05) is 3.42 Å². The molecule has 0 bridgehead atoms. The lowest BCUT2D eigenvalue weighted by Crippen LogP contribution is -2.26. The maximum Gasteiger partial charge on any atom is 0.0463 e. The van der Waals surface area contributed by atoms with E-state index in [0.29, 0.717) is 3.42 Å². The Kier molecular flexibility index (Phi) is 3.16. The third-order valence-electron chi connectivity index (χ3n) is 2.48. The molecule has 0 spiro atoms. The first-order valence-electron chi connectivity index (χ1n) is 4.22. The van der Waals surface area contributed by atoms with Gasteiger partial charge in [0.2, 0.25) is 0 Å². The van der Waals surface area contributed by atoms with Gasteiger partial charge in [-0.25, -0.2) is 0 Å². The van der Waals surface area contributed by atoms with E-state index in [1.165, 1.54) is 12.8 Å². The lowest BCUT2D eigenvalue weighted by Gasteiger charge is -2.30. The normalized spacial score (nSPS) is 32.3. The fourth-order valence-electron chi connectivity index (χ4n) is 1.32. The van der Waals surface area contributed by atoms with E-state index in [1.807, 2.05) is 0 Å². The molecule has 1 rings (SSSR count). The second kappa shape index (κ2) is 3.74. The van der Waals surface area contributed by atoms with Crippen molar-refractivity contribution in [3.63, 3.8) is 0 Å². The number of alkyl halides is 1. The van der Waals surface area contributed by atoms with E-state index in [0.717, 1.165) is 5.92 Å². The standard InChI is InChI=1S/C10H15I/c1-3-9(2)10(11)7-5-4-6-8-10/h4-7,9H,3,8H2,1-2H3. The second-order valence-electron chi connectivity index (χ2n) is 3.23. The average Bonchev–Trinajstić information content (AvgIpc) is 2.04. The van der Waals surface area contributed by atoms with Crippen molar-refractivity contribution in [1.82, 2.24) is 0 Å². The lowest BCUT2D eigenvalue weighted by molar-refractivity contribution is 0.475. The smallest absolute Gasteiger partial charge is 0.0463 e. The Bertz CT molecular complexity index is 181. The highest BCUT2D eigenvalue weighted by molar-refractivity contribution is 14.1. The highest BCUT2D eigenvalue weighted by Gasteiger charge is 2.28. The van der Waals surface area contributed by atoms with Crippen molar-refractivity contribution < 1.29 is 0 Å². The number of hydrogen-bond acceptors (Lipinski definition) is 0. The molecule has 0 nitrogen and oxygen atoms in total. The molecular weight excluding hydrogens is 247 g/mol. The van der Waals surface area contributed by atoms with Crippen molar-refractivity contribution in [2.75, 3.05) is 0 Å². The molecule has 0 aliphatic heterocycles. The molecule has 0 amide bonds. The molecule has 11 heavy (non-hydrogen) atoms. The fourth-order valence-corrected chi connectivity index (χ4v) is 2.22. The second-order valence-corrected chi connectivity index (χ2v) is 5.24. The summed E-state index contributed by atoms with van der Waals surface area (Å²) in [6.45, 7) is 4.59. The van der Waals surface area contributed by atoms with Gasteiger partial charge in [-0.3, -0.25) is 0 Å². The van der Waals surface area contributed by atoms with Crippen LogP contribution in [-0.2, 0) is 0 Å². The molecule has 1 aliphatic rings. The van der Waals surface area contributed by atoms with Gasteiger partial charge < -0.3 is 0 Å². The summed E-state index contributed by atoms with van der Waals surface area (Å²) in [5.41, 5.74) is 0. The number of allylic oxidation sites excluding steroid dienone is 4. The molecule has 0 fully saturated rings. The Hall–Kier alpha value is 0.210. The molecule has 0 radical (unpaired) electrons. The van der Waals surface area contributed by atoms with Crippen LogP contribution >= 0.6 is 22.6 Å². The van der Waals surface area contributed by atoms with Gasteiger partial charge in [0.25, 0.3) is 0 Å². The molecule has 1 aliphatic carbocycles. The predicted molar refractivity (Wildman–Crippen MR) is 59.1 cm³/mol. The van der Waals surface area contributed by atoms with Crippen molar-refractivity contribution in [3.8, 4) is 0 Å². The Morgan fingerprint density at radius 1 is 1.55 bits per heavy atom. The third-order valence-corrected chi connectivity index (χ3v) is 4.35. The Morgan fingerprint density at radius 3 is 2.73 bits per heavy atom. The summed E-state index contributed by atoms with van der Waals surface area (Å²) in [5.74, 6) is 0.782. The zero-order valence-corrected chi connectivity index (χ0v) is 9.34. The molecule has 0 N–H and O–H groups in total. The van der Waals surface area contributed by atoms with Gasteiger partial charge in [0.05, 0.1) is 0 Å². The van der Waals surface area contributed by atoms with E-state index in [2.05, 4.69) is 60.7 Å². The van der Waals surface area contributed by atoms with Crippen LogP contribution in [0.2, 0.25) is 0 Å². The molecule has 2 atom stereocenters. The van der Waals surface area contributed by atoms with Gasteiger partial charge in [0.15, 0.2) is 0 Å². The number of rotatable bonds is 2. The number of hydrogen-bond donors (Lipinski definition) is 0. The van der Waals surface area contributed by atoms with E-state index in [9.17, 15) is 0 Å². The highest BCUT2D eigenvalue weighted by atomic mass is 127. The summed E-state index contributed by atoms with van der Waals surface area (Å²) in [4.78, 5) is 0. The zero-order valence-electron chi connectivity index (χ0n) is 7.18. The molecule has 0 saturated heterocycles. The summed E-state index contributed by atoms with van der Waals surface area (Å²) in [7, 11) is 0. The van der Waals surface area contributed by atoms with Gasteiger partial charge in [-0.1, -0.05) is 67.2 Å². The molecule has 0 saturated carbocycles. The van der Waals surface area contributed by atoms with Gasteiger partial charge in [-0.15, -0.1) is 0 Å². The van der Waals surface area contributed by atoms with Crippen molar-refractivity contribution >= 4 is 22.6 Å². The molecule has 0 aromatic rings. The predicted octanol–water partition coefficient (Wildman–Crippen LogP) is 3.72. The molecule has 62 valence electrons. The van der Waals surface area contributed by atoms with E-state index in [-0.39, 0.29) is 0 Å². The lowest BCUT2D eigenvalue weighted by atomic mass is 9.86. The van der Waals surface area contributed by atoms with E-state index < -0.39 is 0 Å². The quantitative estimate of drug-likeness (QED) is 0.525. The van der Waals surface area contributed by atoms with Crippen LogP contribution in [0.3, 0.4) is 0 Å². The van der Waals surface area contributed by atoms with Crippen molar-refractivity contribution in [2.24, 2.45) is 5.92 Å². The molecule has 0 aromatic carbocycles. The van der Waals surface area contributed by atoms with Crippen LogP contribution in [0.5, 0.6) is 0 Å². The van der Waals surface area contributed by atoms with Crippen LogP contribution in [-0.4, -0.2) is 3.42 Å². The molecule has 0 aromatic heterocycles. The zero-order chi connectivity index (χ0) is 8.32. The van der Waals surface area contributed by atoms with Crippen LogP contribution in [0.25, 0.3) is 0 Å². The van der Waals surface area contributed by atoms with E-state index in [4.69, 9.17) is 0 Å². The van der Waals surface area contributed by atoms with E-state index >= 15 is 0 Å². The average molecular weight is 262 g/mol. The summed E-state index contributed by atoms with van der Waals surface area (Å²) < 4.78 is 0.390. The van der Waals surface area contributed by atoms with Crippen molar-refractivity contribution in [2.45, 2.75) is 30.1 Å². The van der Waals surface area contributed by atoms with Gasteiger partial charge in [0.1, 0.15) is 0 Å². The largest absolute Gasteiger partial charge is 0.0829 e. The first-order chi connectivity index (χ1) is 5.19. The Labute approximate surface area is 82.9 Å². The summed E-state index contributed by atoms with van der Waals surface area (Å²) >= 11 is 2.58. The Morgan fingerprint density at radius 2 is 2.27 bits per heavy atom. The van der Waals surface area contributed by atoms with Crippen LogP contribution in [0.15, 0.2) is 24.3 Å². The molecule has 0 heterocycles. The summed E-state index contributed by atoms with van der Waals surface area (Å²) in [6.07, 6.45) is 11.4. The van der Waals surface area contributed by atoms with Gasteiger partial charge in [-0.05, 0) is 12.3 Å². The SMILES string of the molecule is CCC(C)C1(I)C=CC=CC1. The topological polar surface area (TPSA) is 0 Å². The van der Waals surface area contributed by atoms with Crippen LogP contribution < -0.4 is 0 Å². The third kappa shape index (κ3) is 2.08. The minimum absolute atomic E-state index is 0.390. The maximum atomic E-state index is 2.58. The van der Waals surface area contributed by atoms with Crippen LogP contribution in [0.4, 0.5) is 0 Å². The van der Waals surface area contributed by atoms with Crippen molar-refractivity contribution in [1.29, 1.82) is 0 Å². The van der Waals surface area contributed by atoms with Gasteiger partial charge >= 0.3 is 0 Å². The summed E-state index contributed by atoms with van der Waals surface area (Å²) in [5, 5.41) is 0. The van der Waals surface area contributed by atoms with Crippen molar-refractivity contribution in [3.05, 3.63) is 24.3 Å². The maximum absolute atomic E-state index is 2.58. The minimum atomic E-state index is 0.390. The molecular formula is C10H15I. The van der Waals surface area contributed by atoms with Crippen LogP contribution in [0.1, 0.15) is 26.7 Å². The van der Waals surface area contributed by atoms with Gasteiger partial charge in [-0.2, -0.15) is 0 Å². The fraction of sp³-hybridized carbons (Fsp3) is 0.600. The monoisotopic (exact) mass is 262 g/mol. The summed E-state index contributed by atoms with van der Waals surface area (Å²) in [6, 6.07) is 0. The van der Waals surface area contributed by atoms with E-state index in [1.54, 1.807) is 0 Å². The highest BCUT2D eigenvalue weighted by Crippen LogP contribution is 2.37. The molecule has 1 heteroatoms. The Balaban J connectivity index is 2.67. The first kappa shape index (κ1) is 9.30. The number of halogens is 1. The minimum Gasteiger partial charge on any atom is -0.0829 e.